The summed E-state index contributed by atoms with van der Waals surface area (Å²) in [4.78, 5) is 7.08. The molecule has 1 aromatic rings. The number of guanidine groups is 1. The summed E-state index contributed by atoms with van der Waals surface area (Å²) in [6.45, 7) is 8.35. The van der Waals surface area contributed by atoms with Crippen molar-refractivity contribution in [3.63, 3.8) is 0 Å². The quantitative estimate of drug-likeness (QED) is 0.368. The summed E-state index contributed by atoms with van der Waals surface area (Å²) in [5.74, 6) is 0.897. The molecule has 1 aliphatic rings. The molecule has 0 unspecified atom stereocenters. The van der Waals surface area contributed by atoms with Gasteiger partial charge >= 0.3 is 0 Å². The molecule has 0 saturated carbocycles. The minimum Gasteiger partial charge on any atom is -0.379 e. The molecular formula is C19H32N4O3S. The maximum absolute atomic E-state index is 11.2. The highest BCUT2D eigenvalue weighted by Gasteiger charge is 2.12. The largest absolute Gasteiger partial charge is 0.379 e. The van der Waals surface area contributed by atoms with E-state index < -0.39 is 9.84 Å². The SMILES string of the molecule is CCNC(=NCc1ccccc1CN1CCOCC1)NCCCS(C)(=O)=O. The molecule has 2 rings (SSSR count). The van der Waals surface area contributed by atoms with E-state index in [1.165, 1.54) is 17.4 Å². The molecule has 27 heavy (non-hydrogen) atoms. The standard InChI is InChI=1S/C19H32N4O3S/c1-3-20-19(21-9-6-14-27(2,24)25)22-15-17-7-4-5-8-18(17)16-23-10-12-26-13-11-23/h4-5,7-8H,3,6,9-16H2,1-2H3,(H2,20,21,22). The highest BCUT2D eigenvalue weighted by molar-refractivity contribution is 7.90. The van der Waals surface area contributed by atoms with Crippen LogP contribution in [0, 0.1) is 0 Å². The molecule has 0 amide bonds. The van der Waals surface area contributed by atoms with E-state index in [2.05, 4.69) is 38.7 Å². The molecule has 0 aliphatic carbocycles. The number of hydrogen-bond donors (Lipinski definition) is 2. The van der Waals surface area contributed by atoms with Crippen LogP contribution in [-0.4, -0.2) is 70.7 Å². The third kappa shape index (κ3) is 8.73. The van der Waals surface area contributed by atoms with Crippen LogP contribution in [0.1, 0.15) is 24.5 Å². The number of nitrogens with one attached hydrogen (secondary N) is 2. The van der Waals surface area contributed by atoms with Crippen molar-refractivity contribution < 1.29 is 13.2 Å². The summed E-state index contributed by atoms with van der Waals surface area (Å²) >= 11 is 0. The van der Waals surface area contributed by atoms with E-state index in [9.17, 15) is 8.42 Å². The lowest BCUT2D eigenvalue weighted by molar-refractivity contribution is 0.0341. The van der Waals surface area contributed by atoms with Crippen LogP contribution in [0.15, 0.2) is 29.3 Å². The topological polar surface area (TPSA) is 83.0 Å². The van der Waals surface area contributed by atoms with Crippen molar-refractivity contribution >= 4 is 15.8 Å². The molecule has 0 spiro atoms. The normalized spacial score (nSPS) is 16.3. The first-order chi connectivity index (χ1) is 13.0. The minimum atomic E-state index is -2.92. The number of sulfone groups is 1. The molecule has 1 fully saturated rings. The summed E-state index contributed by atoms with van der Waals surface area (Å²) in [7, 11) is -2.92. The third-order valence-corrected chi connectivity index (χ3v) is 5.38. The van der Waals surface area contributed by atoms with Crippen LogP contribution >= 0.6 is 0 Å². The van der Waals surface area contributed by atoms with Crippen molar-refractivity contribution in [2.45, 2.75) is 26.4 Å². The molecule has 152 valence electrons. The van der Waals surface area contributed by atoms with E-state index in [-0.39, 0.29) is 5.75 Å². The Hall–Kier alpha value is -1.64. The summed E-state index contributed by atoms with van der Waals surface area (Å²) in [5.41, 5.74) is 2.49. The van der Waals surface area contributed by atoms with Gasteiger partial charge in [0.1, 0.15) is 9.84 Å². The highest BCUT2D eigenvalue weighted by Crippen LogP contribution is 2.14. The Labute approximate surface area is 163 Å². The first-order valence-electron chi connectivity index (χ1n) is 9.54. The molecule has 1 aromatic carbocycles. The number of rotatable bonds is 9. The predicted octanol–water partition coefficient (Wildman–Crippen LogP) is 1.01. The second-order valence-electron chi connectivity index (χ2n) is 6.76. The number of ether oxygens (including phenoxy) is 1. The number of benzene rings is 1. The molecule has 0 radical (unpaired) electrons. The lowest BCUT2D eigenvalue weighted by Crippen LogP contribution is -2.38. The van der Waals surface area contributed by atoms with Gasteiger partial charge in [-0.05, 0) is 24.5 Å². The third-order valence-electron chi connectivity index (χ3n) is 4.35. The Morgan fingerprint density at radius 3 is 2.56 bits per heavy atom. The Balaban J connectivity index is 1.93. The molecule has 1 aliphatic heterocycles. The summed E-state index contributed by atoms with van der Waals surface area (Å²) < 4.78 is 27.9. The second-order valence-corrected chi connectivity index (χ2v) is 9.02. The average Bonchev–Trinajstić information content (AvgIpc) is 2.64. The Morgan fingerprint density at radius 1 is 1.19 bits per heavy atom. The van der Waals surface area contributed by atoms with E-state index in [0.717, 1.165) is 39.4 Å². The molecule has 1 saturated heterocycles. The van der Waals surface area contributed by atoms with Crippen molar-refractivity contribution in [1.82, 2.24) is 15.5 Å². The van der Waals surface area contributed by atoms with Gasteiger partial charge in [0.2, 0.25) is 0 Å². The molecular weight excluding hydrogens is 364 g/mol. The number of nitrogens with zero attached hydrogens (tertiary/aromatic N) is 2. The van der Waals surface area contributed by atoms with Gasteiger partial charge in [0, 0.05) is 39.0 Å². The molecule has 2 N–H and O–H groups in total. The zero-order valence-corrected chi connectivity index (χ0v) is 17.2. The van der Waals surface area contributed by atoms with Gasteiger partial charge in [-0.1, -0.05) is 24.3 Å². The average molecular weight is 397 g/mol. The van der Waals surface area contributed by atoms with E-state index >= 15 is 0 Å². The molecule has 7 nitrogen and oxygen atoms in total. The van der Waals surface area contributed by atoms with Crippen LogP contribution in [-0.2, 0) is 27.7 Å². The van der Waals surface area contributed by atoms with Gasteiger partial charge in [0.15, 0.2) is 5.96 Å². The zero-order valence-electron chi connectivity index (χ0n) is 16.4. The molecule has 1 heterocycles. The summed E-state index contributed by atoms with van der Waals surface area (Å²) in [6, 6.07) is 8.39. The molecule has 0 atom stereocenters. The van der Waals surface area contributed by atoms with Crippen molar-refractivity contribution in [3.05, 3.63) is 35.4 Å². The van der Waals surface area contributed by atoms with Gasteiger partial charge in [-0.25, -0.2) is 13.4 Å². The van der Waals surface area contributed by atoms with Gasteiger partial charge in [-0.2, -0.15) is 0 Å². The smallest absolute Gasteiger partial charge is 0.191 e. The number of aliphatic imine (C=N–C) groups is 1. The zero-order chi connectivity index (χ0) is 19.5. The van der Waals surface area contributed by atoms with E-state index in [1.54, 1.807) is 0 Å². The molecule has 0 aromatic heterocycles. The van der Waals surface area contributed by atoms with Crippen LogP contribution in [0.25, 0.3) is 0 Å². The maximum Gasteiger partial charge on any atom is 0.191 e. The highest BCUT2D eigenvalue weighted by atomic mass is 32.2. The summed E-state index contributed by atoms with van der Waals surface area (Å²) in [5, 5.41) is 6.43. The van der Waals surface area contributed by atoms with Gasteiger partial charge in [-0.15, -0.1) is 0 Å². The number of hydrogen-bond acceptors (Lipinski definition) is 5. The van der Waals surface area contributed by atoms with Crippen LogP contribution in [0.5, 0.6) is 0 Å². The van der Waals surface area contributed by atoms with Crippen LogP contribution in [0.2, 0.25) is 0 Å². The lowest BCUT2D eigenvalue weighted by Gasteiger charge is -2.27. The first-order valence-corrected chi connectivity index (χ1v) is 11.6. The fourth-order valence-corrected chi connectivity index (χ4v) is 3.58. The Kier molecular flexibility index (Phi) is 9.03. The van der Waals surface area contributed by atoms with Crippen LogP contribution < -0.4 is 10.6 Å². The predicted molar refractivity (Wildman–Crippen MR) is 110 cm³/mol. The van der Waals surface area contributed by atoms with E-state index in [1.807, 2.05) is 13.0 Å². The fourth-order valence-electron chi connectivity index (χ4n) is 2.91. The van der Waals surface area contributed by atoms with Gasteiger partial charge in [0.25, 0.3) is 0 Å². The van der Waals surface area contributed by atoms with E-state index in [0.29, 0.717) is 25.5 Å². The van der Waals surface area contributed by atoms with Crippen LogP contribution in [0.4, 0.5) is 0 Å². The van der Waals surface area contributed by atoms with Crippen molar-refractivity contribution in [3.8, 4) is 0 Å². The monoisotopic (exact) mass is 396 g/mol. The second kappa shape index (κ2) is 11.3. The van der Waals surface area contributed by atoms with Crippen molar-refractivity contribution in [2.24, 2.45) is 4.99 Å². The summed E-state index contributed by atoms with van der Waals surface area (Å²) in [6.07, 6.45) is 1.83. The van der Waals surface area contributed by atoms with E-state index in [4.69, 9.17) is 4.74 Å². The van der Waals surface area contributed by atoms with Gasteiger partial charge in [0.05, 0.1) is 25.5 Å². The first kappa shape index (κ1) is 21.7. The maximum atomic E-state index is 11.2. The Morgan fingerprint density at radius 2 is 1.89 bits per heavy atom. The lowest BCUT2D eigenvalue weighted by atomic mass is 10.1. The number of morpholine rings is 1. The molecule has 8 heteroatoms. The Bertz CT molecular complexity index is 701. The van der Waals surface area contributed by atoms with Gasteiger partial charge < -0.3 is 15.4 Å². The minimum absolute atomic E-state index is 0.182. The van der Waals surface area contributed by atoms with Crippen molar-refractivity contribution in [1.29, 1.82) is 0 Å². The van der Waals surface area contributed by atoms with Gasteiger partial charge in [-0.3, -0.25) is 4.90 Å². The molecule has 0 bridgehead atoms. The van der Waals surface area contributed by atoms with Crippen LogP contribution in [0.3, 0.4) is 0 Å². The van der Waals surface area contributed by atoms with Crippen molar-refractivity contribution in [2.75, 3.05) is 51.4 Å². The fraction of sp³-hybridized carbons (Fsp3) is 0.632.